The number of nitrogens with zero attached hydrogens (tertiary/aromatic N) is 5. The molecule has 2 aromatic rings. The third-order valence-electron chi connectivity index (χ3n) is 4.23. The molecule has 1 fully saturated rings. The molecule has 10 heteroatoms. The van der Waals surface area contributed by atoms with E-state index in [0.717, 1.165) is 16.5 Å². The van der Waals surface area contributed by atoms with Gasteiger partial charge in [0.15, 0.2) is 12.0 Å². The van der Waals surface area contributed by atoms with Crippen molar-refractivity contribution in [1.29, 1.82) is 0 Å². The highest BCUT2D eigenvalue weighted by molar-refractivity contribution is 7.98. The molecule has 1 saturated heterocycles. The number of aliphatic hydroxyl groups excluding tert-OH is 2. The zero-order chi connectivity index (χ0) is 17.4. The summed E-state index contributed by atoms with van der Waals surface area (Å²) in [6.07, 6.45) is 1.90. The van der Waals surface area contributed by atoms with E-state index < -0.39 is 24.5 Å². The Balaban J connectivity index is 1.54. The Morgan fingerprint density at radius 3 is 2.76 bits per heavy atom. The van der Waals surface area contributed by atoms with Gasteiger partial charge in [-0.05, 0) is 13.0 Å². The lowest BCUT2D eigenvalue weighted by Gasteiger charge is -2.26. The van der Waals surface area contributed by atoms with Gasteiger partial charge in [-0.3, -0.25) is 0 Å². The molecule has 0 aliphatic carbocycles. The van der Waals surface area contributed by atoms with Crippen LogP contribution in [0.25, 0.3) is 0 Å². The second-order valence-corrected chi connectivity index (χ2v) is 6.81. The number of fused-ring (bicyclic) bond motifs is 1. The molecule has 4 heterocycles. The van der Waals surface area contributed by atoms with Crippen LogP contribution in [-0.4, -0.2) is 61.4 Å². The van der Waals surface area contributed by atoms with Crippen LogP contribution in [-0.2, 0) is 10.5 Å². The first-order valence-corrected chi connectivity index (χ1v) is 8.89. The lowest BCUT2D eigenvalue weighted by Crippen LogP contribution is -2.44. The minimum atomic E-state index is -0.994. The van der Waals surface area contributed by atoms with Crippen LogP contribution in [0.1, 0.15) is 12.7 Å². The number of thioether (sulfide) groups is 1. The predicted octanol–water partition coefficient (Wildman–Crippen LogP) is 0.215. The summed E-state index contributed by atoms with van der Waals surface area (Å²) in [4.78, 5) is 18.9. The maximum absolute atomic E-state index is 10.2. The molecule has 0 amide bonds. The van der Waals surface area contributed by atoms with Crippen LogP contribution in [0.15, 0.2) is 29.8 Å². The van der Waals surface area contributed by atoms with E-state index in [2.05, 4.69) is 25.3 Å². The Kier molecular flexibility index (Phi) is 4.42. The van der Waals surface area contributed by atoms with Crippen LogP contribution in [0.3, 0.4) is 0 Å². The lowest BCUT2D eigenvalue weighted by atomic mass is 10.1. The Morgan fingerprint density at radius 1 is 1.24 bits per heavy atom. The molecule has 9 nitrogen and oxygen atoms in total. The molecular weight excluding hydrogens is 344 g/mol. The maximum atomic E-state index is 10.2. The second kappa shape index (κ2) is 6.71. The average molecular weight is 362 g/mol. The van der Waals surface area contributed by atoms with Crippen LogP contribution in [0.2, 0.25) is 0 Å². The summed E-state index contributed by atoms with van der Waals surface area (Å²) < 4.78 is 5.69. The smallest absolute Gasteiger partial charge is 0.162 e. The predicted molar refractivity (Wildman–Crippen MR) is 90.9 cm³/mol. The van der Waals surface area contributed by atoms with Crippen molar-refractivity contribution in [2.75, 3.05) is 16.9 Å². The van der Waals surface area contributed by atoms with Crippen molar-refractivity contribution in [3.8, 4) is 0 Å². The minimum Gasteiger partial charge on any atom is -0.388 e. The minimum absolute atomic E-state index is 0.421. The molecule has 0 aromatic carbocycles. The molecule has 0 unspecified atom stereocenters. The third kappa shape index (κ3) is 3.01. The van der Waals surface area contributed by atoms with Gasteiger partial charge in [-0.15, -0.1) is 0 Å². The van der Waals surface area contributed by atoms with Gasteiger partial charge in [0.2, 0.25) is 0 Å². The SMILES string of the molecule is C[C@H]1O[C@@H](N2CNc3c(SCc4ncccn4)ncnc32)[C@H](O)[C@@H]1O. The monoisotopic (exact) mass is 362 g/mol. The maximum Gasteiger partial charge on any atom is 0.162 e. The molecule has 4 atom stereocenters. The van der Waals surface area contributed by atoms with Crippen molar-refractivity contribution in [2.24, 2.45) is 0 Å². The molecule has 2 aliphatic rings. The summed E-state index contributed by atoms with van der Waals surface area (Å²) in [5, 5.41) is 24.2. The third-order valence-corrected chi connectivity index (χ3v) is 5.22. The van der Waals surface area contributed by atoms with E-state index in [4.69, 9.17) is 4.74 Å². The van der Waals surface area contributed by atoms with Gasteiger partial charge in [-0.25, -0.2) is 19.9 Å². The number of rotatable bonds is 4. The van der Waals surface area contributed by atoms with E-state index in [1.165, 1.54) is 18.1 Å². The average Bonchev–Trinajstić information content (AvgIpc) is 3.18. The van der Waals surface area contributed by atoms with Gasteiger partial charge in [0.1, 0.15) is 35.1 Å². The Hall–Kier alpha value is -2.01. The number of hydrogen-bond donors (Lipinski definition) is 3. The summed E-state index contributed by atoms with van der Waals surface area (Å²) in [5.41, 5.74) is 0.785. The van der Waals surface area contributed by atoms with Crippen molar-refractivity contribution in [3.05, 3.63) is 30.6 Å². The highest BCUT2D eigenvalue weighted by Crippen LogP contribution is 2.40. The van der Waals surface area contributed by atoms with E-state index in [-0.39, 0.29) is 0 Å². The Bertz CT molecular complexity index is 751. The topological polar surface area (TPSA) is 117 Å². The fraction of sp³-hybridized carbons (Fsp3) is 0.467. The van der Waals surface area contributed by atoms with E-state index in [1.807, 2.05) is 0 Å². The van der Waals surface area contributed by atoms with E-state index in [9.17, 15) is 10.2 Å². The van der Waals surface area contributed by atoms with Crippen LogP contribution >= 0.6 is 11.8 Å². The molecule has 0 spiro atoms. The standard InChI is InChI=1S/C15H18N6O3S/c1-8-11(22)12(23)15(24-8)21-7-20-10-13(21)18-6-19-14(10)25-5-9-16-3-2-4-17-9/h2-4,6,8,11-12,15,20,22-23H,5,7H2,1H3/t8-,11-,12-,15-/m1/s1. The van der Waals surface area contributed by atoms with Crippen molar-refractivity contribution >= 4 is 23.3 Å². The molecule has 25 heavy (non-hydrogen) atoms. The van der Waals surface area contributed by atoms with Crippen molar-refractivity contribution in [2.45, 2.75) is 42.2 Å². The van der Waals surface area contributed by atoms with Gasteiger partial charge >= 0.3 is 0 Å². The summed E-state index contributed by atoms with van der Waals surface area (Å²) >= 11 is 1.51. The largest absolute Gasteiger partial charge is 0.388 e. The summed E-state index contributed by atoms with van der Waals surface area (Å²) in [6.45, 7) is 2.16. The first kappa shape index (κ1) is 16.5. The van der Waals surface area contributed by atoms with Crippen molar-refractivity contribution in [1.82, 2.24) is 19.9 Å². The van der Waals surface area contributed by atoms with Gasteiger partial charge < -0.3 is 25.2 Å². The normalized spacial score (nSPS) is 28.0. The van der Waals surface area contributed by atoms with E-state index in [1.54, 1.807) is 30.3 Å². The first-order chi connectivity index (χ1) is 12.1. The molecule has 0 saturated carbocycles. The zero-order valence-corrected chi connectivity index (χ0v) is 14.3. The number of aromatic nitrogens is 4. The molecule has 0 bridgehead atoms. The van der Waals surface area contributed by atoms with E-state index in [0.29, 0.717) is 18.2 Å². The highest BCUT2D eigenvalue weighted by atomic mass is 32.2. The number of nitrogens with one attached hydrogen (secondary N) is 1. The number of hydrogen-bond acceptors (Lipinski definition) is 10. The van der Waals surface area contributed by atoms with Gasteiger partial charge in [0.25, 0.3) is 0 Å². The second-order valence-electron chi connectivity index (χ2n) is 5.85. The van der Waals surface area contributed by atoms with Gasteiger partial charge in [0, 0.05) is 12.4 Å². The zero-order valence-electron chi connectivity index (χ0n) is 13.5. The number of anilines is 2. The molecule has 3 N–H and O–H groups in total. The Labute approximate surface area is 148 Å². The quantitative estimate of drug-likeness (QED) is 0.515. The number of ether oxygens (including phenoxy) is 1. The van der Waals surface area contributed by atoms with Crippen LogP contribution in [0, 0.1) is 0 Å². The van der Waals surface area contributed by atoms with E-state index >= 15 is 0 Å². The highest BCUT2D eigenvalue weighted by Gasteiger charge is 2.45. The fourth-order valence-corrected chi connectivity index (χ4v) is 3.76. The summed E-state index contributed by atoms with van der Waals surface area (Å²) in [7, 11) is 0. The summed E-state index contributed by atoms with van der Waals surface area (Å²) in [6, 6.07) is 1.78. The van der Waals surface area contributed by atoms with Crippen molar-refractivity contribution in [3.63, 3.8) is 0 Å². The van der Waals surface area contributed by atoms with Gasteiger partial charge in [-0.2, -0.15) is 0 Å². The molecule has 0 radical (unpaired) electrons. The molecule has 2 aromatic heterocycles. The van der Waals surface area contributed by atoms with Crippen LogP contribution < -0.4 is 10.2 Å². The van der Waals surface area contributed by atoms with Gasteiger partial charge in [0.05, 0.1) is 18.5 Å². The molecule has 132 valence electrons. The fourth-order valence-electron chi connectivity index (χ4n) is 2.91. The Morgan fingerprint density at radius 2 is 2.04 bits per heavy atom. The molecule has 4 rings (SSSR count). The van der Waals surface area contributed by atoms with Gasteiger partial charge in [-0.1, -0.05) is 11.8 Å². The summed E-state index contributed by atoms with van der Waals surface area (Å²) in [5.74, 6) is 1.96. The lowest BCUT2D eigenvalue weighted by molar-refractivity contribution is 0.0157. The molecular formula is C15H18N6O3S. The molecule has 2 aliphatic heterocycles. The van der Waals surface area contributed by atoms with Crippen LogP contribution in [0.5, 0.6) is 0 Å². The van der Waals surface area contributed by atoms with Crippen LogP contribution in [0.4, 0.5) is 11.5 Å². The number of aliphatic hydroxyl groups is 2. The first-order valence-electron chi connectivity index (χ1n) is 7.91. The van der Waals surface area contributed by atoms with Crippen molar-refractivity contribution < 1.29 is 14.9 Å².